The lowest BCUT2D eigenvalue weighted by Gasteiger charge is -2.17. The van der Waals surface area contributed by atoms with Crippen LogP contribution >= 0.6 is 0 Å². The molecule has 0 aliphatic heterocycles. The molecule has 0 radical (unpaired) electrons. The molecule has 0 amide bonds. The predicted octanol–water partition coefficient (Wildman–Crippen LogP) is 3.64. The number of aryl methyl sites for hydroxylation is 1. The van der Waals surface area contributed by atoms with Gasteiger partial charge in [0.15, 0.2) is 0 Å². The van der Waals surface area contributed by atoms with Crippen molar-refractivity contribution in [1.29, 1.82) is 0 Å². The summed E-state index contributed by atoms with van der Waals surface area (Å²) in [5.41, 5.74) is 3.71. The van der Waals surface area contributed by atoms with Crippen LogP contribution in [0.5, 0.6) is 0 Å². The first-order valence-corrected chi connectivity index (χ1v) is 5.78. The van der Waals surface area contributed by atoms with E-state index in [9.17, 15) is 4.79 Å². The summed E-state index contributed by atoms with van der Waals surface area (Å²) in [5, 5.41) is 0. The van der Waals surface area contributed by atoms with Crippen LogP contribution in [-0.4, -0.2) is 6.29 Å². The highest BCUT2D eigenvalue weighted by Crippen LogP contribution is 2.52. The second-order valence-electron chi connectivity index (χ2n) is 4.74. The fraction of sp³-hybridized carbons (Fsp3) is 0.500. The first-order valence-electron chi connectivity index (χ1n) is 5.78. The quantitative estimate of drug-likeness (QED) is 0.681. The normalized spacial score (nSPS) is 17.5. The summed E-state index contributed by atoms with van der Waals surface area (Å²) in [4.78, 5) is 11.1. The van der Waals surface area contributed by atoms with Crippen molar-refractivity contribution >= 4 is 6.29 Å². The van der Waals surface area contributed by atoms with Gasteiger partial charge in [0.05, 0.1) is 0 Å². The Labute approximate surface area is 91.5 Å². The number of hydrogen-bond acceptors (Lipinski definition) is 1. The summed E-state index contributed by atoms with van der Waals surface area (Å²) >= 11 is 0. The maximum atomic E-state index is 11.1. The number of hydrogen-bond donors (Lipinski definition) is 0. The average Bonchev–Trinajstić information content (AvgIpc) is 2.99. The van der Waals surface area contributed by atoms with Crippen molar-refractivity contribution in [3.63, 3.8) is 0 Å². The van der Waals surface area contributed by atoms with E-state index >= 15 is 0 Å². The van der Waals surface area contributed by atoms with Gasteiger partial charge in [-0.2, -0.15) is 0 Å². The highest BCUT2D eigenvalue weighted by molar-refractivity contribution is 5.79. The topological polar surface area (TPSA) is 17.1 Å². The molecule has 1 aromatic carbocycles. The molecule has 0 heterocycles. The monoisotopic (exact) mass is 202 g/mol. The Hall–Kier alpha value is -1.11. The van der Waals surface area contributed by atoms with E-state index < -0.39 is 0 Å². The third-order valence-electron chi connectivity index (χ3n) is 3.49. The molecule has 1 nitrogen and oxygen atoms in total. The van der Waals surface area contributed by atoms with Gasteiger partial charge < -0.3 is 0 Å². The minimum absolute atomic E-state index is 0.346. The van der Waals surface area contributed by atoms with Crippen LogP contribution in [0.1, 0.15) is 54.1 Å². The molecule has 0 saturated heterocycles. The minimum Gasteiger partial charge on any atom is -0.298 e. The third-order valence-corrected chi connectivity index (χ3v) is 3.49. The van der Waals surface area contributed by atoms with Gasteiger partial charge >= 0.3 is 0 Å². The second-order valence-corrected chi connectivity index (χ2v) is 4.74. The molecule has 1 aliphatic carbocycles. The fourth-order valence-electron chi connectivity index (χ4n) is 2.55. The summed E-state index contributed by atoms with van der Waals surface area (Å²) in [7, 11) is 0. The maximum absolute atomic E-state index is 11.1. The Bertz CT molecular complexity index is 375. The van der Waals surface area contributed by atoms with E-state index in [1.165, 1.54) is 36.8 Å². The molecule has 0 unspecified atom stereocenters. The van der Waals surface area contributed by atoms with Crippen molar-refractivity contribution in [3.05, 3.63) is 34.9 Å². The van der Waals surface area contributed by atoms with E-state index in [1.54, 1.807) is 0 Å². The van der Waals surface area contributed by atoms with Crippen LogP contribution < -0.4 is 0 Å². The maximum Gasteiger partial charge on any atom is 0.150 e. The van der Waals surface area contributed by atoms with Gasteiger partial charge in [-0.1, -0.05) is 31.0 Å². The summed E-state index contributed by atoms with van der Waals surface area (Å²) < 4.78 is 0. The van der Waals surface area contributed by atoms with Gasteiger partial charge in [-0.25, -0.2) is 0 Å². The first kappa shape index (κ1) is 10.4. The van der Waals surface area contributed by atoms with Crippen molar-refractivity contribution in [1.82, 2.24) is 0 Å². The van der Waals surface area contributed by atoms with Gasteiger partial charge in [0.1, 0.15) is 6.29 Å². The van der Waals surface area contributed by atoms with Crippen LogP contribution in [0, 0.1) is 6.92 Å². The van der Waals surface area contributed by atoms with Crippen molar-refractivity contribution in [2.24, 2.45) is 0 Å². The number of carbonyl (C=O) groups excluding carboxylic acids is 1. The molecule has 1 aromatic rings. The van der Waals surface area contributed by atoms with Crippen LogP contribution in [0.3, 0.4) is 0 Å². The molecule has 0 spiro atoms. The molecular weight excluding hydrogens is 184 g/mol. The third kappa shape index (κ3) is 1.83. The van der Waals surface area contributed by atoms with E-state index in [0.717, 1.165) is 11.8 Å². The van der Waals surface area contributed by atoms with Gasteiger partial charge in [0.2, 0.25) is 0 Å². The van der Waals surface area contributed by atoms with E-state index in [-0.39, 0.29) is 0 Å². The van der Waals surface area contributed by atoms with E-state index in [2.05, 4.69) is 19.1 Å². The summed E-state index contributed by atoms with van der Waals surface area (Å²) in [6.45, 7) is 4.25. The van der Waals surface area contributed by atoms with E-state index in [0.29, 0.717) is 5.41 Å². The van der Waals surface area contributed by atoms with Crippen LogP contribution in [0.25, 0.3) is 0 Å². The number of benzene rings is 1. The van der Waals surface area contributed by atoms with Gasteiger partial charge in [-0.3, -0.25) is 4.79 Å². The van der Waals surface area contributed by atoms with Crippen molar-refractivity contribution < 1.29 is 4.79 Å². The van der Waals surface area contributed by atoms with Gasteiger partial charge in [-0.15, -0.1) is 0 Å². The standard InChI is InChI=1S/C14H18O/c1-3-6-14(7-8-14)13-5-4-11(2)9-12(13)10-15/h4-5,9-10H,3,6-8H2,1-2H3. The predicted molar refractivity (Wildman–Crippen MR) is 62.4 cm³/mol. The van der Waals surface area contributed by atoms with Gasteiger partial charge in [-0.05, 0) is 43.2 Å². The van der Waals surface area contributed by atoms with Crippen LogP contribution in [0.15, 0.2) is 18.2 Å². The molecule has 0 aromatic heterocycles. The van der Waals surface area contributed by atoms with Gasteiger partial charge in [0, 0.05) is 5.56 Å². The molecule has 0 N–H and O–H groups in total. The zero-order valence-electron chi connectivity index (χ0n) is 9.55. The molecule has 1 fully saturated rings. The Morgan fingerprint density at radius 2 is 2.13 bits per heavy atom. The Balaban J connectivity index is 2.39. The van der Waals surface area contributed by atoms with Crippen LogP contribution in [-0.2, 0) is 5.41 Å². The van der Waals surface area contributed by atoms with Gasteiger partial charge in [0.25, 0.3) is 0 Å². The van der Waals surface area contributed by atoms with Crippen molar-refractivity contribution in [2.75, 3.05) is 0 Å². The van der Waals surface area contributed by atoms with Crippen LogP contribution in [0.2, 0.25) is 0 Å². The number of carbonyl (C=O) groups is 1. The highest BCUT2D eigenvalue weighted by atomic mass is 16.1. The number of rotatable bonds is 4. The molecule has 0 bridgehead atoms. The average molecular weight is 202 g/mol. The van der Waals surface area contributed by atoms with E-state index in [4.69, 9.17) is 0 Å². The van der Waals surface area contributed by atoms with Crippen molar-refractivity contribution in [2.45, 2.75) is 44.9 Å². The molecule has 0 atom stereocenters. The molecule has 1 heteroatoms. The summed E-state index contributed by atoms with van der Waals surface area (Å²) in [6, 6.07) is 6.29. The lowest BCUT2D eigenvalue weighted by molar-refractivity contribution is 0.112. The SMILES string of the molecule is CCCC1(c2ccc(C)cc2C=O)CC1. The zero-order valence-corrected chi connectivity index (χ0v) is 9.55. The van der Waals surface area contributed by atoms with Crippen LogP contribution in [0.4, 0.5) is 0 Å². The molecule has 1 saturated carbocycles. The minimum atomic E-state index is 0.346. The largest absolute Gasteiger partial charge is 0.298 e. The summed E-state index contributed by atoms with van der Waals surface area (Å²) in [5.74, 6) is 0. The number of aldehydes is 1. The second kappa shape index (κ2) is 3.80. The Morgan fingerprint density at radius 1 is 1.40 bits per heavy atom. The summed E-state index contributed by atoms with van der Waals surface area (Å²) in [6.07, 6.45) is 5.94. The van der Waals surface area contributed by atoms with E-state index in [1.807, 2.05) is 13.0 Å². The first-order chi connectivity index (χ1) is 7.22. The molecular formula is C14H18O. The fourth-order valence-corrected chi connectivity index (χ4v) is 2.55. The highest BCUT2D eigenvalue weighted by Gasteiger charge is 2.44. The smallest absolute Gasteiger partial charge is 0.150 e. The lowest BCUT2D eigenvalue weighted by atomic mass is 9.87. The molecule has 2 rings (SSSR count). The molecule has 1 aliphatic rings. The Kier molecular flexibility index (Phi) is 2.64. The zero-order chi connectivity index (χ0) is 10.9. The lowest BCUT2D eigenvalue weighted by Crippen LogP contribution is -2.09. The Morgan fingerprint density at radius 3 is 2.67 bits per heavy atom. The van der Waals surface area contributed by atoms with Crippen molar-refractivity contribution in [3.8, 4) is 0 Å². The molecule has 80 valence electrons. The molecule has 15 heavy (non-hydrogen) atoms.